The van der Waals surface area contributed by atoms with E-state index in [-0.39, 0.29) is 11.3 Å². The summed E-state index contributed by atoms with van der Waals surface area (Å²) in [6.45, 7) is -0.735. The van der Waals surface area contributed by atoms with Crippen LogP contribution < -0.4 is 10.7 Å². The third-order valence-electron chi connectivity index (χ3n) is 4.13. The number of aromatic nitrogens is 3. The number of carboxylic acid groups (broad SMARTS) is 1. The summed E-state index contributed by atoms with van der Waals surface area (Å²) >= 11 is 0. The first-order valence-corrected chi connectivity index (χ1v) is 7.82. The fraction of sp³-hybridized carbons (Fsp3) is 0.250. The second-order valence-corrected chi connectivity index (χ2v) is 5.93. The molecule has 1 aliphatic carbocycles. The molecular weight excluding hydrogens is 388 g/mol. The number of allylic oxidation sites excluding steroid dienone is 4. The smallest absolute Gasteiger partial charge is 0.415 e. The molecule has 1 aliphatic rings. The minimum Gasteiger partial charge on any atom is -0.480 e. The van der Waals surface area contributed by atoms with E-state index in [0.29, 0.717) is 6.08 Å². The number of carbonyl (C=O) groups excluding carboxylic acids is 1. The van der Waals surface area contributed by atoms with Crippen LogP contribution in [0.15, 0.2) is 40.7 Å². The molecule has 2 aromatic heterocycles. The van der Waals surface area contributed by atoms with Crippen molar-refractivity contribution in [3.05, 3.63) is 57.4 Å². The van der Waals surface area contributed by atoms with Gasteiger partial charge in [0.2, 0.25) is 0 Å². The van der Waals surface area contributed by atoms with Crippen molar-refractivity contribution in [1.82, 2.24) is 19.9 Å². The third kappa shape index (κ3) is 3.52. The van der Waals surface area contributed by atoms with Gasteiger partial charge in [0.1, 0.15) is 24.3 Å². The summed E-state index contributed by atoms with van der Waals surface area (Å²) < 4.78 is 53.7. The first-order chi connectivity index (χ1) is 13.1. The maximum atomic E-state index is 13.6. The fourth-order valence-electron chi connectivity index (χ4n) is 2.89. The number of nitrogens with zero attached hydrogens (tertiary/aromatic N) is 2. The van der Waals surface area contributed by atoms with Crippen molar-refractivity contribution in [2.75, 3.05) is 6.54 Å². The summed E-state index contributed by atoms with van der Waals surface area (Å²) in [6.07, 6.45) is -2.65. The molecule has 0 spiro atoms. The lowest BCUT2D eigenvalue weighted by molar-refractivity contribution is -0.135. The SMILES string of the molecule is O=C(O)CNC(=O)c1c(=O)cc(C2C=CC(F)=C(C(F)(F)F)C2)n2[nH]cnc12. The number of hydrogen-bond donors (Lipinski definition) is 3. The Morgan fingerprint density at radius 3 is 2.75 bits per heavy atom. The number of carbonyl (C=O) groups is 2. The standard InChI is InChI=1S/C16H12F4N4O4/c17-9-2-1-7(3-8(9)16(18,19)20)10-4-11(25)13(14-22-6-23-24(10)14)15(28)21-5-12(26)27/h1-2,4,6-7H,3,5H2,(H,21,28)(H,22,23)(H,26,27). The Balaban J connectivity index is 2.04. The largest absolute Gasteiger partial charge is 0.480 e. The number of aromatic amines is 1. The first-order valence-electron chi connectivity index (χ1n) is 7.82. The van der Waals surface area contributed by atoms with Gasteiger partial charge in [0.15, 0.2) is 11.1 Å². The van der Waals surface area contributed by atoms with E-state index in [2.05, 4.69) is 10.1 Å². The molecule has 8 nitrogen and oxygen atoms in total. The van der Waals surface area contributed by atoms with Crippen LogP contribution in [0.4, 0.5) is 17.6 Å². The minimum atomic E-state index is -4.87. The molecule has 28 heavy (non-hydrogen) atoms. The number of rotatable bonds is 4. The Morgan fingerprint density at radius 2 is 2.11 bits per heavy atom. The summed E-state index contributed by atoms with van der Waals surface area (Å²) in [6, 6.07) is 0.938. The van der Waals surface area contributed by atoms with E-state index in [1.54, 1.807) is 0 Å². The van der Waals surface area contributed by atoms with E-state index in [1.807, 2.05) is 5.32 Å². The van der Waals surface area contributed by atoms with Crippen LogP contribution in [-0.2, 0) is 4.79 Å². The van der Waals surface area contributed by atoms with Crippen LogP contribution in [0.25, 0.3) is 5.65 Å². The molecule has 148 valence electrons. The predicted molar refractivity (Wildman–Crippen MR) is 86.5 cm³/mol. The third-order valence-corrected chi connectivity index (χ3v) is 4.13. The van der Waals surface area contributed by atoms with Crippen molar-refractivity contribution < 1.29 is 32.3 Å². The van der Waals surface area contributed by atoms with E-state index >= 15 is 0 Å². The lowest BCUT2D eigenvalue weighted by Gasteiger charge is -2.22. The molecule has 0 saturated heterocycles. The van der Waals surface area contributed by atoms with Crippen molar-refractivity contribution in [1.29, 1.82) is 0 Å². The van der Waals surface area contributed by atoms with Gasteiger partial charge in [0, 0.05) is 12.0 Å². The van der Waals surface area contributed by atoms with Gasteiger partial charge in [-0.1, -0.05) is 6.08 Å². The molecule has 0 saturated carbocycles. The summed E-state index contributed by atoms with van der Waals surface area (Å²) in [5, 5.41) is 13.2. The van der Waals surface area contributed by atoms with Gasteiger partial charge in [-0.25, -0.2) is 13.9 Å². The number of nitrogens with one attached hydrogen (secondary N) is 2. The molecule has 0 fully saturated rings. The zero-order valence-electron chi connectivity index (χ0n) is 13.9. The Morgan fingerprint density at radius 1 is 1.39 bits per heavy atom. The van der Waals surface area contributed by atoms with Crippen LogP contribution >= 0.6 is 0 Å². The number of H-pyrrole nitrogens is 1. The van der Waals surface area contributed by atoms with Crippen molar-refractivity contribution in [2.45, 2.75) is 18.5 Å². The number of carboxylic acids is 1. The number of hydrogen-bond acceptors (Lipinski definition) is 4. The average Bonchev–Trinajstić information content (AvgIpc) is 3.07. The van der Waals surface area contributed by atoms with Gasteiger partial charge >= 0.3 is 12.1 Å². The Hall–Kier alpha value is -3.44. The predicted octanol–water partition coefficient (Wildman–Crippen LogP) is 1.67. The highest BCUT2D eigenvalue weighted by atomic mass is 19.4. The van der Waals surface area contributed by atoms with Gasteiger partial charge < -0.3 is 10.4 Å². The minimum absolute atomic E-state index is 0.0396. The van der Waals surface area contributed by atoms with Crippen LogP contribution in [-0.4, -0.2) is 44.3 Å². The number of halogens is 4. The van der Waals surface area contributed by atoms with E-state index in [0.717, 1.165) is 16.9 Å². The van der Waals surface area contributed by atoms with Gasteiger partial charge in [0.25, 0.3) is 5.91 Å². The number of alkyl halides is 3. The van der Waals surface area contributed by atoms with E-state index in [9.17, 15) is 31.9 Å². The second kappa shape index (κ2) is 6.94. The van der Waals surface area contributed by atoms with E-state index in [4.69, 9.17) is 5.11 Å². The second-order valence-electron chi connectivity index (χ2n) is 5.93. The topological polar surface area (TPSA) is 117 Å². The summed E-state index contributed by atoms with van der Waals surface area (Å²) in [7, 11) is 0. The number of pyridine rings is 1. The number of fused-ring (bicyclic) bond motifs is 1. The van der Waals surface area contributed by atoms with E-state index < -0.39 is 59.3 Å². The molecule has 1 amide bonds. The van der Waals surface area contributed by atoms with Crippen molar-refractivity contribution >= 4 is 17.5 Å². The Bertz CT molecular complexity index is 1080. The average molecular weight is 400 g/mol. The molecule has 1 unspecified atom stereocenters. The molecule has 2 heterocycles. The van der Waals surface area contributed by atoms with Crippen molar-refractivity contribution in [3.8, 4) is 0 Å². The molecule has 1 atom stereocenters. The first kappa shape index (κ1) is 19.3. The maximum absolute atomic E-state index is 13.6. The van der Waals surface area contributed by atoms with Gasteiger partial charge in [0.05, 0.1) is 11.3 Å². The molecule has 0 bridgehead atoms. The molecule has 2 aromatic rings. The molecule has 12 heteroatoms. The van der Waals surface area contributed by atoms with Crippen LogP contribution in [0.1, 0.15) is 28.4 Å². The molecule has 0 aliphatic heterocycles. The van der Waals surface area contributed by atoms with Crippen molar-refractivity contribution in [3.63, 3.8) is 0 Å². The van der Waals surface area contributed by atoms with Gasteiger partial charge in [-0.15, -0.1) is 0 Å². The molecule has 0 radical (unpaired) electrons. The van der Waals surface area contributed by atoms with E-state index in [1.165, 1.54) is 6.08 Å². The van der Waals surface area contributed by atoms with Crippen LogP contribution in [0.3, 0.4) is 0 Å². The van der Waals surface area contributed by atoms with Gasteiger partial charge in [-0.05, 0) is 12.5 Å². The zero-order chi connectivity index (χ0) is 20.6. The quantitative estimate of drug-likeness (QED) is 0.675. The van der Waals surface area contributed by atoms with Gasteiger partial charge in [-0.3, -0.25) is 19.5 Å². The van der Waals surface area contributed by atoms with Crippen LogP contribution in [0, 0.1) is 0 Å². The Labute approximate surface area is 153 Å². The van der Waals surface area contributed by atoms with Gasteiger partial charge in [-0.2, -0.15) is 13.2 Å². The van der Waals surface area contributed by atoms with Crippen LogP contribution in [0.2, 0.25) is 0 Å². The Kier molecular flexibility index (Phi) is 4.79. The lowest BCUT2D eigenvalue weighted by atomic mass is 9.90. The summed E-state index contributed by atoms with van der Waals surface area (Å²) in [5.74, 6) is -4.73. The normalized spacial score (nSPS) is 17.2. The highest BCUT2D eigenvalue weighted by Gasteiger charge is 2.39. The summed E-state index contributed by atoms with van der Waals surface area (Å²) in [5.41, 5.74) is -2.84. The van der Waals surface area contributed by atoms with Crippen LogP contribution in [0.5, 0.6) is 0 Å². The fourth-order valence-corrected chi connectivity index (χ4v) is 2.89. The summed E-state index contributed by atoms with van der Waals surface area (Å²) in [4.78, 5) is 39.0. The molecule has 3 N–H and O–H groups in total. The number of aliphatic carboxylic acids is 1. The monoisotopic (exact) mass is 400 g/mol. The maximum Gasteiger partial charge on any atom is 0.415 e. The molecule has 3 rings (SSSR count). The number of amides is 1. The highest BCUT2D eigenvalue weighted by Crippen LogP contribution is 2.40. The molecule has 0 aromatic carbocycles. The molecular formula is C16H12F4N4O4. The zero-order valence-corrected chi connectivity index (χ0v) is 13.9. The highest BCUT2D eigenvalue weighted by molar-refractivity contribution is 6.00. The van der Waals surface area contributed by atoms with Crippen molar-refractivity contribution in [2.24, 2.45) is 0 Å². The lowest BCUT2D eigenvalue weighted by Crippen LogP contribution is -2.34.